The predicted octanol–water partition coefficient (Wildman–Crippen LogP) is 4.06. The molecule has 0 bridgehead atoms. The van der Waals surface area contributed by atoms with Gasteiger partial charge in [-0.15, -0.1) is 0 Å². The first kappa shape index (κ1) is 16.6. The van der Waals surface area contributed by atoms with Crippen molar-refractivity contribution < 1.29 is 13.6 Å². The van der Waals surface area contributed by atoms with Gasteiger partial charge in [-0.3, -0.25) is 4.79 Å². The first-order valence-corrected chi connectivity index (χ1v) is 7.23. The van der Waals surface area contributed by atoms with E-state index in [1.807, 2.05) is 13.0 Å². The quantitative estimate of drug-likeness (QED) is 0.854. The van der Waals surface area contributed by atoms with Crippen molar-refractivity contribution in [2.75, 3.05) is 6.54 Å². The summed E-state index contributed by atoms with van der Waals surface area (Å²) in [6.45, 7) is 4.02. The van der Waals surface area contributed by atoms with Crippen LogP contribution in [0.1, 0.15) is 41.4 Å². The summed E-state index contributed by atoms with van der Waals surface area (Å²) in [5.74, 6) is -2.01. The number of rotatable bonds is 4. The molecule has 2 aromatic rings. The lowest BCUT2D eigenvalue weighted by Gasteiger charge is -2.28. The molecule has 3 nitrogen and oxygen atoms in total. The van der Waals surface area contributed by atoms with Gasteiger partial charge < -0.3 is 4.90 Å². The Kier molecular flexibility index (Phi) is 5.07. The molecule has 2 aromatic carbocycles. The van der Waals surface area contributed by atoms with E-state index in [-0.39, 0.29) is 11.6 Å². The summed E-state index contributed by atoms with van der Waals surface area (Å²) in [7, 11) is 0. The van der Waals surface area contributed by atoms with Crippen molar-refractivity contribution in [1.29, 1.82) is 5.26 Å². The molecular weight excluding hydrogens is 298 g/mol. The third kappa shape index (κ3) is 3.72. The standard InChI is InChI=1S/C18H16F2N2O/c1-3-22(12(2)14-6-4-13(11-21)5-7-14)18(23)15-8-16(19)10-17(20)9-15/h4-10,12H,3H2,1-2H3. The van der Waals surface area contributed by atoms with Crippen molar-refractivity contribution in [2.24, 2.45) is 0 Å². The minimum absolute atomic E-state index is 0.0233. The number of nitrogens with zero attached hydrogens (tertiary/aromatic N) is 2. The highest BCUT2D eigenvalue weighted by atomic mass is 19.1. The van der Waals surface area contributed by atoms with Gasteiger partial charge in [-0.1, -0.05) is 12.1 Å². The summed E-state index contributed by atoms with van der Waals surface area (Å²) >= 11 is 0. The number of carbonyl (C=O) groups is 1. The van der Waals surface area contributed by atoms with E-state index in [4.69, 9.17) is 5.26 Å². The van der Waals surface area contributed by atoms with Crippen LogP contribution in [0.2, 0.25) is 0 Å². The van der Waals surface area contributed by atoms with Crippen molar-refractivity contribution in [3.05, 3.63) is 70.8 Å². The van der Waals surface area contributed by atoms with Crippen LogP contribution < -0.4 is 0 Å². The highest BCUT2D eigenvalue weighted by Crippen LogP contribution is 2.23. The molecule has 0 saturated carbocycles. The van der Waals surface area contributed by atoms with E-state index < -0.39 is 17.5 Å². The lowest BCUT2D eigenvalue weighted by atomic mass is 10.0. The molecule has 5 heteroatoms. The minimum atomic E-state index is -0.782. The zero-order chi connectivity index (χ0) is 17.0. The van der Waals surface area contributed by atoms with Crippen LogP contribution in [0.4, 0.5) is 8.78 Å². The Hall–Kier alpha value is -2.74. The van der Waals surface area contributed by atoms with Gasteiger partial charge >= 0.3 is 0 Å². The van der Waals surface area contributed by atoms with Crippen LogP contribution in [0, 0.1) is 23.0 Å². The van der Waals surface area contributed by atoms with Crippen molar-refractivity contribution >= 4 is 5.91 Å². The molecule has 0 heterocycles. The van der Waals surface area contributed by atoms with Gasteiger partial charge in [0.05, 0.1) is 17.7 Å². The Bertz CT molecular complexity index is 730. The number of hydrogen-bond donors (Lipinski definition) is 0. The molecule has 0 fully saturated rings. The fraction of sp³-hybridized carbons (Fsp3) is 0.222. The maximum absolute atomic E-state index is 13.3. The van der Waals surface area contributed by atoms with E-state index in [1.54, 1.807) is 31.2 Å². The van der Waals surface area contributed by atoms with Crippen molar-refractivity contribution in [3.63, 3.8) is 0 Å². The number of carbonyl (C=O) groups excluding carboxylic acids is 1. The highest BCUT2D eigenvalue weighted by Gasteiger charge is 2.22. The van der Waals surface area contributed by atoms with E-state index >= 15 is 0 Å². The minimum Gasteiger partial charge on any atom is -0.332 e. The molecule has 1 unspecified atom stereocenters. The zero-order valence-electron chi connectivity index (χ0n) is 12.9. The number of hydrogen-bond acceptors (Lipinski definition) is 2. The van der Waals surface area contributed by atoms with Gasteiger partial charge in [0, 0.05) is 18.2 Å². The van der Waals surface area contributed by atoms with E-state index in [1.165, 1.54) is 4.90 Å². The summed E-state index contributed by atoms with van der Waals surface area (Å²) in [4.78, 5) is 14.1. The fourth-order valence-corrected chi connectivity index (χ4v) is 2.45. The first-order valence-electron chi connectivity index (χ1n) is 7.23. The number of benzene rings is 2. The molecule has 0 saturated heterocycles. The maximum Gasteiger partial charge on any atom is 0.254 e. The molecule has 0 aromatic heterocycles. The molecule has 2 rings (SSSR count). The van der Waals surface area contributed by atoms with Crippen LogP contribution in [0.3, 0.4) is 0 Å². The number of amides is 1. The largest absolute Gasteiger partial charge is 0.332 e. The molecule has 0 aliphatic rings. The Labute approximate surface area is 133 Å². The Balaban J connectivity index is 2.30. The van der Waals surface area contributed by atoms with Crippen molar-refractivity contribution in [1.82, 2.24) is 4.90 Å². The molecule has 1 atom stereocenters. The summed E-state index contributed by atoms with van der Waals surface area (Å²) < 4.78 is 26.6. The Morgan fingerprint density at radius 3 is 2.22 bits per heavy atom. The Morgan fingerprint density at radius 1 is 1.17 bits per heavy atom. The molecule has 0 aliphatic heterocycles. The van der Waals surface area contributed by atoms with Gasteiger partial charge in [0.1, 0.15) is 11.6 Å². The second-order valence-electron chi connectivity index (χ2n) is 5.16. The maximum atomic E-state index is 13.3. The normalized spacial score (nSPS) is 11.6. The van der Waals surface area contributed by atoms with Crippen molar-refractivity contribution in [3.8, 4) is 6.07 Å². The SMILES string of the molecule is CCN(C(=O)c1cc(F)cc(F)c1)C(C)c1ccc(C#N)cc1. The predicted molar refractivity (Wildman–Crippen MR) is 82.6 cm³/mol. The van der Waals surface area contributed by atoms with Gasteiger partial charge in [0.15, 0.2) is 0 Å². The summed E-state index contributed by atoms with van der Waals surface area (Å²) in [6, 6.07) is 11.4. The van der Waals surface area contributed by atoms with Crippen molar-refractivity contribution in [2.45, 2.75) is 19.9 Å². The van der Waals surface area contributed by atoms with Crippen LogP contribution >= 0.6 is 0 Å². The van der Waals surface area contributed by atoms with Gasteiger partial charge in [0.25, 0.3) is 5.91 Å². The van der Waals surface area contributed by atoms with E-state index in [0.717, 1.165) is 23.8 Å². The van der Waals surface area contributed by atoms with Crippen LogP contribution in [0.15, 0.2) is 42.5 Å². The van der Waals surface area contributed by atoms with Gasteiger partial charge in [0.2, 0.25) is 0 Å². The average Bonchev–Trinajstić information content (AvgIpc) is 2.54. The molecule has 1 amide bonds. The second-order valence-corrected chi connectivity index (χ2v) is 5.16. The summed E-state index contributed by atoms with van der Waals surface area (Å²) in [6.07, 6.45) is 0. The van der Waals surface area contributed by atoms with Gasteiger partial charge in [-0.25, -0.2) is 8.78 Å². The Morgan fingerprint density at radius 2 is 1.74 bits per heavy atom. The lowest BCUT2D eigenvalue weighted by Crippen LogP contribution is -2.33. The molecule has 0 spiro atoms. The average molecular weight is 314 g/mol. The van der Waals surface area contributed by atoms with Crippen LogP contribution in [-0.4, -0.2) is 17.4 Å². The first-order chi connectivity index (χ1) is 11.0. The van der Waals surface area contributed by atoms with Crippen LogP contribution in [0.25, 0.3) is 0 Å². The highest BCUT2D eigenvalue weighted by molar-refractivity contribution is 5.94. The topological polar surface area (TPSA) is 44.1 Å². The van der Waals surface area contributed by atoms with Crippen LogP contribution in [0.5, 0.6) is 0 Å². The molecule has 0 aliphatic carbocycles. The molecule has 118 valence electrons. The fourth-order valence-electron chi connectivity index (χ4n) is 2.45. The summed E-state index contributed by atoms with van der Waals surface area (Å²) in [5.41, 5.74) is 1.35. The monoisotopic (exact) mass is 314 g/mol. The number of nitriles is 1. The van der Waals surface area contributed by atoms with E-state index in [9.17, 15) is 13.6 Å². The molecule has 0 N–H and O–H groups in total. The lowest BCUT2D eigenvalue weighted by molar-refractivity contribution is 0.0701. The summed E-state index contributed by atoms with van der Waals surface area (Å²) in [5, 5.41) is 8.83. The third-order valence-corrected chi connectivity index (χ3v) is 3.70. The smallest absolute Gasteiger partial charge is 0.254 e. The third-order valence-electron chi connectivity index (χ3n) is 3.70. The molecule has 0 radical (unpaired) electrons. The zero-order valence-corrected chi connectivity index (χ0v) is 12.9. The molecular formula is C18H16F2N2O. The second kappa shape index (κ2) is 7.01. The van der Waals surface area contributed by atoms with E-state index in [2.05, 4.69) is 0 Å². The van der Waals surface area contributed by atoms with E-state index in [0.29, 0.717) is 12.1 Å². The molecule has 23 heavy (non-hydrogen) atoms. The van der Waals surface area contributed by atoms with Gasteiger partial charge in [-0.2, -0.15) is 5.26 Å². The van der Waals surface area contributed by atoms with Crippen LogP contribution in [-0.2, 0) is 0 Å². The van der Waals surface area contributed by atoms with Gasteiger partial charge in [-0.05, 0) is 43.7 Å². The number of halogens is 2.